The van der Waals surface area contributed by atoms with Crippen molar-refractivity contribution in [2.24, 2.45) is 21.6 Å². The smallest absolute Gasteiger partial charge is 0.407 e. The zero-order valence-corrected chi connectivity index (χ0v) is 24.9. The summed E-state index contributed by atoms with van der Waals surface area (Å²) in [5.41, 5.74) is 13.9. The number of oxime groups is 1. The maximum Gasteiger partial charge on any atom is 0.407 e. The Morgan fingerprint density at radius 1 is 1.13 bits per heavy atom. The molecule has 3 atom stereocenters. The second kappa shape index (κ2) is 16.5. The van der Waals surface area contributed by atoms with Crippen molar-refractivity contribution in [3.05, 3.63) is 65.2 Å². The zero-order chi connectivity index (χ0) is 32.9. The van der Waals surface area contributed by atoms with Crippen LogP contribution in [0.5, 0.6) is 0 Å². The first-order valence-corrected chi connectivity index (χ1v) is 14.1. The van der Waals surface area contributed by atoms with E-state index in [0.717, 1.165) is 12.0 Å². The van der Waals surface area contributed by atoms with Crippen molar-refractivity contribution in [3.63, 3.8) is 0 Å². The number of aliphatic imine (C=N–C) groups is 1. The largest absolute Gasteiger partial charge is 0.467 e. The molecule has 0 aromatic heterocycles. The minimum atomic E-state index is -1.07. The second-order valence-corrected chi connectivity index (χ2v) is 10.0. The van der Waals surface area contributed by atoms with Gasteiger partial charge in [-0.15, -0.1) is 0 Å². The number of carbonyl (C=O) groups is 4. The van der Waals surface area contributed by atoms with Crippen molar-refractivity contribution in [3.8, 4) is 0 Å². The SMILES string of the molecule is CCCCOC(=O)NC(CNC(=O)CC1CC(c2ccc(C(=N)N)cc2)=NO1)C(=O)OC.NC(=O)C1=Nc2ccccc2C1O. The van der Waals surface area contributed by atoms with Crippen LogP contribution in [0.1, 0.15) is 55.4 Å². The summed E-state index contributed by atoms with van der Waals surface area (Å²) in [4.78, 5) is 56.1. The van der Waals surface area contributed by atoms with Gasteiger partial charge in [0, 0.05) is 24.1 Å². The highest BCUT2D eigenvalue weighted by Crippen LogP contribution is 2.33. The number of hydrogen-bond donors (Lipinski definition) is 6. The number of nitrogens with two attached hydrogens (primary N) is 2. The molecule has 2 aromatic rings. The molecule has 0 saturated heterocycles. The Labute approximate surface area is 259 Å². The predicted molar refractivity (Wildman–Crippen MR) is 164 cm³/mol. The zero-order valence-electron chi connectivity index (χ0n) is 24.9. The summed E-state index contributed by atoms with van der Waals surface area (Å²) < 4.78 is 9.64. The summed E-state index contributed by atoms with van der Waals surface area (Å²) in [5, 5.41) is 26.0. The average Bonchev–Trinajstić information content (AvgIpc) is 3.63. The topological polar surface area (TPSA) is 241 Å². The molecule has 15 heteroatoms. The lowest BCUT2D eigenvalue weighted by Gasteiger charge is -2.17. The molecule has 0 aliphatic carbocycles. The predicted octanol–water partition coefficient (Wildman–Crippen LogP) is 1.33. The van der Waals surface area contributed by atoms with Crippen molar-refractivity contribution in [1.82, 2.24) is 10.6 Å². The summed E-state index contributed by atoms with van der Waals surface area (Å²) in [6.45, 7) is 2.04. The Bertz CT molecular complexity index is 1460. The Hall–Kier alpha value is -5.31. The molecule has 0 fully saturated rings. The number of alkyl carbamates (subject to hydrolysis) is 1. The quantitative estimate of drug-likeness (QED) is 0.0863. The van der Waals surface area contributed by atoms with Crippen LogP contribution in [0.3, 0.4) is 0 Å². The van der Waals surface area contributed by atoms with E-state index >= 15 is 0 Å². The maximum absolute atomic E-state index is 12.3. The molecule has 8 N–H and O–H groups in total. The molecule has 2 aliphatic heterocycles. The highest BCUT2D eigenvalue weighted by Gasteiger charge is 2.29. The summed E-state index contributed by atoms with van der Waals surface area (Å²) in [7, 11) is 1.19. The number of aliphatic hydroxyl groups is 1. The Balaban J connectivity index is 0.000000350. The van der Waals surface area contributed by atoms with Crippen LogP contribution in [0.15, 0.2) is 58.7 Å². The van der Waals surface area contributed by atoms with E-state index in [0.29, 0.717) is 35.4 Å². The first-order valence-electron chi connectivity index (χ1n) is 14.1. The fourth-order valence-corrected chi connectivity index (χ4v) is 4.22. The number of amidine groups is 1. The number of esters is 1. The second-order valence-electron chi connectivity index (χ2n) is 10.0. The van der Waals surface area contributed by atoms with Crippen LogP contribution in [0.25, 0.3) is 0 Å². The molecule has 2 heterocycles. The Morgan fingerprint density at radius 2 is 1.84 bits per heavy atom. The van der Waals surface area contributed by atoms with E-state index in [1.54, 1.807) is 48.5 Å². The Kier molecular flexibility index (Phi) is 12.5. The molecule has 15 nitrogen and oxygen atoms in total. The molecular formula is C30H37N7O8. The monoisotopic (exact) mass is 623 g/mol. The summed E-state index contributed by atoms with van der Waals surface area (Å²) in [6, 6.07) is 12.9. The maximum atomic E-state index is 12.3. The number of nitrogens with one attached hydrogen (secondary N) is 3. The standard InChI is InChI=1S/C21H29N5O6.C9H8N2O2/c1-3-4-9-31-21(29)25-17(20(28)30-2)12-24-18(27)11-15-10-16(26-32-15)13-5-7-14(8-6-13)19(22)23;10-9(13)7-8(12)5-3-1-2-4-6(5)11-7/h5-8,15,17H,3-4,9-12H2,1-2H3,(H3,22,23)(H,24,27)(H,25,29);1-4,8,12H,(H2,10,13). The third-order valence-corrected chi connectivity index (χ3v) is 6.67. The fourth-order valence-electron chi connectivity index (χ4n) is 4.22. The van der Waals surface area contributed by atoms with E-state index in [9.17, 15) is 24.3 Å². The number of fused-ring (bicyclic) bond motifs is 1. The van der Waals surface area contributed by atoms with E-state index in [1.165, 1.54) is 7.11 Å². The number of aliphatic hydroxyl groups excluding tert-OH is 1. The number of nitrogens with zero attached hydrogens (tertiary/aromatic N) is 2. The van der Waals surface area contributed by atoms with Crippen LogP contribution in [0.2, 0.25) is 0 Å². The van der Waals surface area contributed by atoms with Gasteiger partial charge in [-0.1, -0.05) is 61.0 Å². The average molecular weight is 624 g/mol. The van der Waals surface area contributed by atoms with Gasteiger partial charge in [0.25, 0.3) is 5.91 Å². The molecule has 0 radical (unpaired) electrons. The van der Waals surface area contributed by atoms with Gasteiger partial charge < -0.3 is 41.5 Å². The molecule has 0 saturated carbocycles. The van der Waals surface area contributed by atoms with Crippen molar-refractivity contribution in [1.29, 1.82) is 5.41 Å². The molecule has 2 aliphatic rings. The molecule has 0 spiro atoms. The van der Waals surface area contributed by atoms with E-state index in [4.69, 9.17) is 26.5 Å². The molecular weight excluding hydrogens is 586 g/mol. The number of para-hydroxylation sites is 1. The van der Waals surface area contributed by atoms with Gasteiger partial charge in [0.2, 0.25) is 5.91 Å². The van der Waals surface area contributed by atoms with E-state index in [2.05, 4.69) is 25.5 Å². The highest BCUT2D eigenvalue weighted by atomic mass is 16.6. The number of unbranched alkanes of at least 4 members (excludes halogenated alkanes) is 1. The van der Waals surface area contributed by atoms with Gasteiger partial charge in [0.15, 0.2) is 0 Å². The number of rotatable bonds is 12. The number of nitrogen functional groups attached to an aromatic ring is 1. The van der Waals surface area contributed by atoms with Crippen LogP contribution >= 0.6 is 0 Å². The minimum absolute atomic E-state index is 0.0150. The number of ether oxygens (including phenoxy) is 2. The number of amides is 3. The first-order chi connectivity index (χ1) is 21.5. The molecule has 45 heavy (non-hydrogen) atoms. The van der Waals surface area contributed by atoms with Crippen LogP contribution < -0.4 is 22.1 Å². The van der Waals surface area contributed by atoms with Gasteiger partial charge in [0.1, 0.15) is 29.8 Å². The fraction of sp³-hybridized carbons (Fsp3) is 0.367. The molecule has 240 valence electrons. The van der Waals surface area contributed by atoms with E-state index in [-0.39, 0.29) is 37.0 Å². The third-order valence-electron chi connectivity index (χ3n) is 6.67. The molecule has 0 bridgehead atoms. The normalized spacial score (nSPS) is 16.8. The number of hydrogen-bond acceptors (Lipinski definition) is 11. The summed E-state index contributed by atoms with van der Waals surface area (Å²) in [6.07, 6.45) is -0.157. The van der Waals surface area contributed by atoms with Gasteiger partial charge in [-0.3, -0.25) is 15.0 Å². The molecule has 3 unspecified atom stereocenters. The van der Waals surface area contributed by atoms with Crippen molar-refractivity contribution < 1.29 is 38.6 Å². The van der Waals surface area contributed by atoms with Crippen LogP contribution in [0.4, 0.5) is 10.5 Å². The summed E-state index contributed by atoms with van der Waals surface area (Å²) >= 11 is 0. The first kappa shape index (κ1) is 34.2. The van der Waals surface area contributed by atoms with Crippen LogP contribution in [-0.2, 0) is 28.7 Å². The third kappa shape index (κ3) is 9.86. The molecule has 4 rings (SSSR count). The van der Waals surface area contributed by atoms with Crippen LogP contribution in [0, 0.1) is 5.41 Å². The number of primary amides is 1. The van der Waals surface area contributed by atoms with Crippen molar-refractivity contribution in [2.75, 3.05) is 20.3 Å². The van der Waals surface area contributed by atoms with Gasteiger partial charge in [-0.2, -0.15) is 0 Å². The van der Waals surface area contributed by atoms with Gasteiger partial charge in [0.05, 0.1) is 31.5 Å². The number of benzene rings is 2. The van der Waals surface area contributed by atoms with E-state index in [1.807, 2.05) is 6.92 Å². The molecule has 3 amide bonds. The highest BCUT2D eigenvalue weighted by molar-refractivity contribution is 6.41. The lowest BCUT2D eigenvalue weighted by atomic mass is 10.0. The van der Waals surface area contributed by atoms with Crippen molar-refractivity contribution >= 4 is 46.8 Å². The lowest BCUT2D eigenvalue weighted by Crippen LogP contribution is -2.49. The number of carbonyl (C=O) groups excluding carboxylic acids is 4. The van der Waals surface area contributed by atoms with Gasteiger partial charge in [-0.05, 0) is 18.1 Å². The molecule has 2 aromatic carbocycles. The Morgan fingerprint density at radius 3 is 2.47 bits per heavy atom. The van der Waals surface area contributed by atoms with Crippen LogP contribution in [-0.4, -0.2) is 78.6 Å². The summed E-state index contributed by atoms with van der Waals surface area (Å²) in [5.74, 6) is -1.77. The lowest BCUT2D eigenvalue weighted by molar-refractivity contribution is -0.143. The minimum Gasteiger partial charge on any atom is -0.467 e. The number of methoxy groups -OCH3 is 1. The van der Waals surface area contributed by atoms with Crippen molar-refractivity contribution in [2.45, 2.75) is 50.9 Å². The van der Waals surface area contributed by atoms with Gasteiger partial charge >= 0.3 is 12.1 Å². The van der Waals surface area contributed by atoms with Gasteiger partial charge in [-0.25, -0.2) is 14.6 Å². The van der Waals surface area contributed by atoms with E-state index < -0.39 is 36.2 Å².